The van der Waals surface area contributed by atoms with Gasteiger partial charge in [-0.15, -0.1) is 0 Å². The van der Waals surface area contributed by atoms with Crippen LogP contribution in [0.15, 0.2) is 59.7 Å². The fourth-order valence-corrected chi connectivity index (χ4v) is 3.46. The van der Waals surface area contributed by atoms with Gasteiger partial charge in [-0.05, 0) is 40.5 Å². The molecule has 7 heteroatoms. The van der Waals surface area contributed by atoms with Gasteiger partial charge in [0.05, 0.1) is 17.8 Å². The van der Waals surface area contributed by atoms with Gasteiger partial charge in [0.15, 0.2) is 0 Å². The summed E-state index contributed by atoms with van der Waals surface area (Å²) >= 11 is 5.85. The number of hydrogen-bond acceptors (Lipinski definition) is 5. The lowest BCUT2D eigenvalue weighted by atomic mass is 9.99. The Kier molecular flexibility index (Phi) is 7.63. The van der Waals surface area contributed by atoms with E-state index in [1.165, 1.54) is 18.2 Å². The number of rotatable bonds is 8. The lowest BCUT2D eigenvalue weighted by Crippen LogP contribution is -2.36. The lowest BCUT2D eigenvalue weighted by molar-refractivity contribution is 0.0955. The fourth-order valence-electron chi connectivity index (χ4n) is 3.28. The second-order valence-electron chi connectivity index (χ2n) is 7.64. The molecule has 3 aromatic rings. The maximum Gasteiger partial charge on any atom is 0.271 e. The van der Waals surface area contributed by atoms with E-state index in [-0.39, 0.29) is 23.4 Å². The number of halogens is 1. The van der Waals surface area contributed by atoms with E-state index in [1.54, 1.807) is 6.21 Å². The van der Waals surface area contributed by atoms with Crippen LogP contribution in [-0.4, -0.2) is 35.0 Å². The van der Waals surface area contributed by atoms with Gasteiger partial charge in [0.25, 0.3) is 5.91 Å². The molecule has 31 heavy (non-hydrogen) atoms. The van der Waals surface area contributed by atoms with E-state index < -0.39 is 5.91 Å². The minimum atomic E-state index is -0.424. The molecule has 1 unspecified atom stereocenters. The van der Waals surface area contributed by atoms with Crippen molar-refractivity contribution in [2.75, 3.05) is 6.61 Å². The summed E-state index contributed by atoms with van der Waals surface area (Å²) in [5.41, 5.74) is 4.77. The zero-order valence-electron chi connectivity index (χ0n) is 17.5. The van der Waals surface area contributed by atoms with Crippen LogP contribution >= 0.6 is 11.6 Å². The van der Waals surface area contributed by atoms with Gasteiger partial charge in [-0.1, -0.05) is 61.8 Å². The molecule has 3 aromatic carbocycles. The quantitative estimate of drug-likeness (QED) is 0.314. The molecule has 0 saturated carbocycles. The van der Waals surface area contributed by atoms with E-state index >= 15 is 0 Å². The molecular weight excluding hydrogens is 414 g/mol. The smallest absolute Gasteiger partial charge is 0.271 e. The number of nitrogens with zero attached hydrogens (tertiary/aromatic N) is 1. The van der Waals surface area contributed by atoms with Gasteiger partial charge >= 0.3 is 0 Å². The fraction of sp³-hybridized carbons (Fsp3) is 0.250. The van der Waals surface area contributed by atoms with Gasteiger partial charge in [-0.25, -0.2) is 5.43 Å². The van der Waals surface area contributed by atoms with Crippen LogP contribution in [0.5, 0.6) is 5.75 Å². The molecule has 0 aliphatic rings. The van der Waals surface area contributed by atoms with Crippen LogP contribution in [0.3, 0.4) is 0 Å². The molecule has 0 aromatic heterocycles. The molecule has 3 rings (SSSR count). The Morgan fingerprint density at radius 2 is 1.87 bits per heavy atom. The maximum absolute atomic E-state index is 12.3. The molecule has 0 fully saturated rings. The van der Waals surface area contributed by atoms with Crippen molar-refractivity contribution in [3.05, 3.63) is 76.3 Å². The van der Waals surface area contributed by atoms with E-state index in [1.807, 2.05) is 36.4 Å². The summed E-state index contributed by atoms with van der Waals surface area (Å²) in [7, 11) is 0. The predicted molar refractivity (Wildman–Crippen MR) is 125 cm³/mol. The van der Waals surface area contributed by atoms with Crippen molar-refractivity contribution in [2.24, 2.45) is 11.0 Å². The standard InChI is InChI=1S/C24H26ClN3O3/c1-15(2)22(14-29)26-12-17-7-8-18(20-6-4-3-5-19(17)20)13-27-28-24(31)16-9-10-23(30)21(25)11-16/h3-11,13,15,22,26,29-30H,12,14H2,1-2H3,(H,28,31). The Morgan fingerprint density at radius 1 is 1.13 bits per heavy atom. The summed E-state index contributed by atoms with van der Waals surface area (Å²) in [5.74, 6) is -0.178. The first-order chi connectivity index (χ1) is 14.9. The zero-order chi connectivity index (χ0) is 22.4. The Labute approximate surface area is 186 Å². The summed E-state index contributed by atoms with van der Waals surface area (Å²) in [6.07, 6.45) is 1.60. The molecule has 4 N–H and O–H groups in total. The van der Waals surface area contributed by atoms with Gasteiger partial charge in [-0.3, -0.25) is 4.79 Å². The third kappa shape index (κ3) is 5.61. The van der Waals surface area contributed by atoms with Gasteiger partial charge in [0.1, 0.15) is 5.75 Å². The first-order valence-electron chi connectivity index (χ1n) is 10.1. The number of benzene rings is 3. The number of amides is 1. The van der Waals surface area contributed by atoms with Crippen LogP contribution in [0.25, 0.3) is 10.8 Å². The molecule has 162 valence electrons. The number of aliphatic hydroxyl groups is 1. The van der Waals surface area contributed by atoms with Crippen LogP contribution in [0.2, 0.25) is 5.02 Å². The number of phenols is 1. The highest BCUT2D eigenvalue weighted by atomic mass is 35.5. The number of nitrogens with one attached hydrogen (secondary N) is 2. The van der Waals surface area contributed by atoms with Crippen LogP contribution in [0, 0.1) is 5.92 Å². The summed E-state index contributed by atoms with van der Waals surface area (Å²) in [6.45, 7) is 4.88. The van der Waals surface area contributed by atoms with Crippen molar-refractivity contribution in [3.8, 4) is 5.75 Å². The second-order valence-corrected chi connectivity index (χ2v) is 8.05. The van der Waals surface area contributed by atoms with E-state index in [2.05, 4.69) is 29.7 Å². The largest absolute Gasteiger partial charge is 0.506 e. The van der Waals surface area contributed by atoms with E-state index in [0.29, 0.717) is 18.0 Å². The SMILES string of the molecule is CC(C)C(CO)NCc1ccc(C=NNC(=O)c2ccc(O)c(Cl)c2)c2ccccc12. The van der Waals surface area contributed by atoms with Crippen LogP contribution in [0.4, 0.5) is 0 Å². The van der Waals surface area contributed by atoms with Gasteiger partial charge < -0.3 is 15.5 Å². The molecule has 1 atom stereocenters. The molecule has 1 amide bonds. The van der Waals surface area contributed by atoms with Crippen molar-refractivity contribution >= 4 is 34.5 Å². The summed E-state index contributed by atoms with van der Waals surface area (Å²) in [4.78, 5) is 12.3. The molecular formula is C24H26ClN3O3. The Bertz CT molecular complexity index is 1100. The van der Waals surface area contributed by atoms with Crippen LogP contribution < -0.4 is 10.7 Å². The maximum atomic E-state index is 12.3. The molecule has 0 bridgehead atoms. The van der Waals surface area contributed by atoms with Crippen molar-refractivity contribution in [3.63, 3.8) is 0 Å². The lowest BCUT2D eigenvalue weighted by Gasteiger charge is -2.20. The Morgan fingerprint density at radius 3 is 2.55 bits per heavy atom. The number of hydrazone groups is 1. The highest BCUT2D eigenvalue weighted by Crippen LogP contribution is 2.24. The highest BCUT2D eigenvalue weighted by molar-refractivity contribution is 6.32. The number of aromatic hydroxyl groups is 1. The Balaban J connectivity index is 1.77. The molecule has 0 aliphatic carbocycles. The van der Waals surface area contributed by atoms with Gasteiger partial charge in [-0.2, -0.15) is 5.10 Å². The van der Waals surface area contributed by atoms with Crippen LogP contribution in [0.1, 0.15) is 35.3 Å². The van der Waals surface area contributed by atoms with Crippen molar-refractivity contribution < 1.29 is 15.0 Å². The zero-order valence-corrected chi connectivity index (χ0v) is 18.2. The van der Waals surface area contributed by atoms with Crippen molar-refractivity contribution in [1.29, 1.82) is 0 Å². The predicted octanol–water partition coefficient (Wildman–Crippen LogP) is 4.07. The topological polar surface area (TPSA) is 94.0 Å². The van der Waals surface area contributed by atoms with Crippen LogP contribution in [-0.2, 0) is 6.54 Å². The molecule has 0 saturated heterocycles. The first kappa shape index (κ1) is 22.7. The first-order valence-corrected chi connectivity index (χ1v) is 10.4. The van der Waals surface area contributed by atoms with E-state index in [4.69, 9.17) is 11.6 Å². The highest BCUT2D eigenvalue weighted by Gasteiger charge is 2.12. The molecule has 0 spiro atoms. The molecule has 0 radical (unpaired) electrons. The second kappa shape index (κ2) is 10.4. The average molecular weight is 440 g/mol. The summed E-state index contributed by atoms with van der Waals surface area (Å²) in [6, 6.07) is 16.2. The third-order valence-corrected chi connectivity index (χ3v) is 5.49. The van der Waals surface area contributed by atoms with Gasteiger partial charge in [0, 0.05) is 23.7 Å². The molecule has 0 heterocycles. The molecule has 6 nitrogen and oxygen atoms in total. The van der Waals surface area contributed by atoms with Crippen molar-refractivity contribution in [2.45, 2.75) is 26.4 Å². The monoisotopic (exact) mass is 439 g/mol. The number of carbonyl (C=O) groups excluding carboxylic acids is 1. The number of carbonyl (C=O) groups is 1. The number of hydrogen-bond donors (Lipinski definition) is 4. The number of aliphatic hydroxyl groups excluding tert-OH is 1. The van der Waals surface area contributed by atoms with E-state index in [0.717, 1.165) is 21.9 Å². The number of phenolic OH excluding ortho intramolecular Hbond substituents is 1. The van der Waals surface area contributed by atoms with Crippen molar-refractivity contribution in [1.82, 2.24) is 10.7 Å². The minimum absolute atomic E-state index is 0.0311. The average Bonchev–Trinajstić information content (AvgIpc) is 2.76. The van der Waals surface area contributed by atoms with Gasteiger partial charge in [0.2, 0.25) is 0 Å². The number of fused-ring (bicyclic) bond motifs is 1. The van der Waals surface area contributed by atoms with E-state index in [9.17, 15) is 15.0 Å². The summed E-state index contributed by atoms with van der Waals surface area (Å²) < 4.78 is 0. The third-order valence-electron chi connectivity index (χ3n) is 5.18. The minimum Gasteiger partial charge on any atom is -0.506 e. The molecule has 0 aliphatic heterocycles. The Hall–Kier alpha value is -2.93. The normalized spacial score (nSPS) is 12.5. The summed E-state index contributed by atoms with van der Waals surface area (Å²) in [5, 5.41) is 28.7.